The van der Waals surface area contributed by atoms with Crippen molar-refractivity contribution in [3.05, 3.63) is 35.9 Å². The smallest absolute Gasteiger partial charge is 0.194 e. The van der Waals surface area contributed by atoms with Crippen LogP contribution in [-0.4, -0.2) is 72.3 Å². The molecule has 0 aromatic heterocycles. The van der Waals surface area contributed by atoms with Gasteiger partial charge in [0.2, 0.25) is 0 Å². The molecule has 0 radical (unpaired) electrons. The number of nitrogens with one attached hydrogen (secondary N) is 1. The molecule has 2 N–H and O–H groups in total. The van der Waals surface area contributed by atoms with Gasteiger partial charge in [-0.1, -0.05) is 30.3 Å². The van der Waals surface area contributed by atoms with E-state index in [0.29, 0.717) is 19.0 Å². The van der Waals surface area contributed by atoms with Gasteiger partial charge in [-0.25, -0.2) is 0 Å². The zero-order valence-corrected chi connectivity index (χ0v) is 18.1. The topological polar surface area (TPSA) is 51.1 Å². The average Bonchev–Trinajstić information content (AvgIpc) is 3.30. The van der Waals surface area contributed by atoms with Crippen LogP contribution in [0, 0.1) is 0 Å². The summed E-state index contributed by atoms with van der Waals surface area (Å²) in [7, 11) is 0. The third-order valence-electron chi connectivity index (χ3n) is 5.22. The summed E-state index contributed by atoms with van der Waals surface area (Å²) in [6.07, 6.45) is 4.12. The molecule has 2 aliphatic rings. The van der Waals surface area contributed by atoms with E-state index in [1.165, 1.54) is 32.4 Å². The van der Waals surface area contributed by atoms with Crippen molar-refractivity contribution in [2.24, 2.45) is 4.99 Å². The Labute approximate surface area is 174 Å². The van der Waals surface area contributed by atoms with Crippen molar-refractivity contribution in [3.63, 3.8) is 0 Å². The van der Waals surface area contributed by atoms with Gasteiger partial charge < -0.3 is 15.3 Å². The van der Waals surface area contributed by atoms with Gasteiger partial charge in [0.1, 0.15) is 0 Å². The Morgan fingerprint density at radius 1 is 1.23 bits per heavy atom. The van der Waals surface area contributed by atoms with Crippen LogP contribution in [0.1, 0.15) is 31.7 Å². The van der Waals surface area contributed by atoms with Crippen molar-refractivity contribution in [2.75, 3.05) is 39.3 Å². The number of rotatable bonds is 6. The molecule has 26 heavy (non-hydrogen) atoms. The van der Waals surface area contributed by atoms with Crippen LogP contribution in [0.5, 0.6) is 0 Å². The van der Waals surface area contributed by atoms with E-state index in [1.807, 2.05) is 18.2 Å². The number of halogens is 1. The number of likely N-dealkylation sites (tertiary alicyclic amines) is 2. The van der Waals surface area contributed by atoms with E-state index in [9.17, 15) is 5.11 Å². The van der Waals surface area contributed by atoms with Gasteiger partial charge >= 0.3 is 0 Å². The lowest BCUT2D eigenvalue weighted by Crippen LogP contribution is -2.43. The van der Waals surface area contributed by atoms with Gasteiger partial charge in [0.15, 0.2) is 5.96 Å². The Balaban J connectivity index is 0.00000243. The molecule has 0 saturated carbocycles. The molecule has 2 heterocycles. The molecule has 0 amide bonds. The Hall–Kier alpha value is -0.860. The summed E-state index contributed by atoms with van der Waals surface area (Å²) in [6.45, 7) is 8.02. The maximum Gasteiger partial charge on any atom is 0.194 e. The van der Waals surface area contributed by atoms with Gasteiger partial charge in [-0.05, 0) is 44.8 Å². The first-order valence-corrected chi connectivity index (χ1v) is 9.75. The lowest BCUT2D eigenvalue weighted by molar-refractivity contribution is 0.183. The van der Waals surface area contributed by atoms with E-state index in [-0.39, 0.29) is 24.0 Å². The number of aliphatic hydroxyl groups excluding tert-OH is 1. The minimum atomic E-state index is -0.437. The average molecular weight is 472 g/mol. The second-order valence-electron chi connectivity index (χ2n) is 7.17. The SMILES string of the molecule is CCNC(=NCC(O)Cc1ccccc1)N1CCC(N2CCCC2)C1.I. The molecule has 0 spiro atoms. The summed E-state index contributed by atoms with van der Waals surface area (Å²) in [4.78, 5) is 9.71. The molecule has 2 unspecified atom stereocenters. The highest BCUT2D eigenvalue weighted by Crippen LogP contribution is 2.20. The fourth-order valence-corrected chi connectivity index (χ4v) is 3.91. The Morgan fingerprint density at radius 3 is 2.65 bits per heavy atom. The molecular weight excluding hydrogens is 439 g/mol. The van der Waals surface area contributed by atoms with E-state index in [1.54, 1.807) is 0 Å². The van der Waals surface area contributed by atoms with Crippen molar-refractivity contribution in [2.45, 2.75) is 44.8 Å². The molecule has 1 aromatic carbocycles. The van der Waals surface area contributed by atoms with E-state index in [2.05, 4.69) is 34.2 Å². The van der Waals surface area contributed by atoms with Crippen molar-refractivity contribution in [1.29, 1.82) is 0 Å². The van der Waals surface area contributed by atoms with Gasteiger partial charge in [0.05, 0.1) is 12.6 Å². The predicted molar refractivity (Wildman–Crippen MR) is 118 cm³/mol. The third-order valence-corrected chi connectivity index (χ3v) is 5.22. The number of benzene rings is 1. The molecule has 0 bridgehead atoms. The molecule has 1 aromatic rings. The molecule has 2 fully saturated rings. The standard InChI is InChI=1S/C20H32N4O.HI/c1-2-21-20(22-15-19(25)14-17-8-4-3-5-9-17)24-13-10-18(16-24)23-11-6-7-12-23;/h3-5,8-9,18-19,25H,2,6-7,10-16H2,1H3,(H,21,22);1H. The summed E-state index contributed by atoms with van der Waals surface area (Å²) in [5, 5.41) is 13.7. The van der Waals surface area contributed by atoms with Crippen LogP contribution in [0.25, 0.3) is 0 Å². The maximum atomic E-state index is 10.3. The molecule has 6 heteroatoms. The van der Waals surface area contributed by atoms with Crippen molar-refractivity contribution in [1.82, 2.24) is 15.1 Å². The molecule has 0 aliphatic carbocycles. The van der Waals surface area contributed by atoms with Crippen LogP contribution in [0.4, 0.5) is 0 Å². The number of aliphatic imine (C=N–C) groups is 1. The van der Waals surface area contributed by atoms with Crippen LogP contribution >= 0.6 is 24.0 Å². The van der Waals surface area contributed by atoms with Crippen molar-refractivity contribution >= 4 is 29.9 Å². The summed E-state index contributed by atoms with van der Waals surface area (Å²) < 4.78 is 0. The van der Waals surface area contributed by atoms with Crippen LogP contribution in [-0.2, 0) is 6.42 Å². The van der Waals surface area contributed by atoms with Crippen LogP contribution < -0.4 is 5.32 Å². The van der Waals surface area contributed by atoms with E-state index in [4.69, 9.17) is 4.99 Å². The Bertz CT molecular complexity index is 548. The number of guanidine groups is 1. The molecule has 146 valence electrons. The van der Waals surface area contributed by atoms with E-state index < -0.39 is 6.10 Å². The zero-order valence-electron chi connectivity index (χ0n) is 15.8. The number of hydrogen-bond acceptors (Lipinski definition) is 3. The molecular formula is C20H33IN4O. The first kappa shape index (κ1) is 21.4. The number of hydrogen-bond donors (Lipinski definition) is 2. The van der Waals surface area contributed by atoms with Gasteiger partial charge in [0.25, 0.3) is 0 Å². The lowest BCUT2D eigenvalue weighted by atomic mass is 10.1. The van der Waals surface area contributed by atoms with E-state index >= 15 is 0 Å². The Kier molecular flexibility index (Phi) is 9.15. The summed E-state index contributed by atoms with van der Waals surface area (Å²) in [5.41, 5.74) is 1.16. The van der Waals surface area contributed by atoms with Crippen LogP contribution in [0.2, 0.25) is 0 Å². The zero-order chi connectivity index (χ0) is 17.5. The number of aliphatic hydroxyl groups is 1. The van der Waals surface area contributed by atoms with Gasteiger partial charge in [-0.15, -0.1) is 24.0 Å². The molecule has 2 aliphatic heterocycles. The van der Waals surface area contributed by atoms with Crippen LogP contribution in [0.15, 0.2) is 35.3 Å². The van der Waals surface area contributed by atoms with Crippen molar-refractivity contribution < 1.29 is 5.11 Å². The van der Waals surface area contributed by atoms with Gasteiger partial charge in [0, 0.05) is 32.1 Å². The van der Waals surface area contributed by atoms with Gasteiger partial charge in [-0.2, -0.15) is 0 Å². The second-order valence-corrected chi connectivity index (χ2v) is 7.17. The van der Waals surface area contributed by atoms with Crippen LogP contribution in [0.3, 0.4) is 0 Å². The first-order chi connectivity index (χ1) is 12.3. The largest absolute Gasteiger partial charge is 0.391 e. The molecule has 5 nitrogen and oxygen atoms in total. The normalized spacial score (nSPS) is 22.3. The van der Waals surface area contributed by atoms with E-state index in [0.717, 1.165) is 31.2 Å². The minimum absolute atomic E-state index is 0. The quantitative estimate of drug-likeness (QED) is 0.379. The lowest BCUT2D eigenvalue weighted by Gasteiger charge is -2.25. The summed E-state index contributed by atoms with van der Waals surface area (Å²) in [5.74, 6) is 0.955. The maximum absolute atomic E-state index is 10.3. The predicted octanol–water partition coefficient (Wildman–Crippen LogP) is 2.34. The summed E-state index contributed by atoms with van der Waals surface area (Å²) in [6, 6.07) is 10.8. The molecule has 3 rings (SSSR count). The fourth-order valence-electron chi connectivity index (χ4n) is 3.91. The van der Waals surface area contributed by atoms with Gasteiger partial charge in [-0.3, -0.25) is 9.89 Å². The minimum Gasteiger partial charge on any atom is -0.391 e. The van der Waals surface area contributed by atoms with Crippen molar-refractivity contribution in [3.8, 4) is 0 Å². The summed E-state index contributed by atoms with van der Waals surface area (Å²) >= 11 is 0. The molecule has 2 saturated heterocycles. The highest BCUT2D eigenvalue weighted by molar-refractivity contribution is 14.0. The first-order valence-electron chi connectivity index (χ1n) is 9.75. The second kappa shape index (κ2) is 11.1. The fraction of sp³-hybridized carbons (Fsp3) is 0.650. The highest BCUT2D eigenvalue weighted by Gasteiger charge is 2.30. The monoisotopic (exact) mass is 472 g/mol. The molecule has 2 atom stereocenters. The highest BCUT2D eigenvalue weighted by atomic mass is 127. The Morgan fingerprint density at radius 2 is 1.96 bits per heavy atom. The number of nitrogens with zero attached hydrogens (tertiary/aromatic N) is 3. The third kappa shape index (κ3) is 6.09.